The molecule has 0 unspecified atom stereocenters. The molecule has 0 bridgehead atoms. The molecule has 0 heterocycles. The van der Waals surface area contributed by atoms with Crippen molar-refractivity contribution in [2.24, 2.45) is 5.73 Å². The molecular weight excluding hydrogens is 247 g/mol. The molecule has 0 saturated heterocycles. The molecule has 0 aliphatic rings. The average Bonchev–Trinajstić information content (AvgIpc) is 2.15. The van der Waals surface area contributed by atoms with Crippen molar-refractivity contribution < 1.29 is 23.1 Å². The van der Waals surface area contributed by atoms with Crippen molar-refractivity contribution in [2.45, 2.75) is 12.2 Å². The zero-order chi connectivity index (χ0) is 12.5. The Labute approximate surface area is 93.6 Å². The van der Waals surface area contributed by atoms with E-state index < -0.39 is 28.8 Å². The van der Waals surface area contributed by atoms with Crippen molar-refractivity contribution in [2.75, 3.05) is 0 Å². The number of hydrogen-bond acceptors (Lipinski definition) is 2. The van der Waals surface area contributed by atoms with E-state index in [1.165, 1.54) is 0 Å². The fourth-order valence-electron chi connectivity index (χ4n) is 1.14. The van der Waals surface area contributed by atoms with E-state index in [1.54, 1.807) is 0 Å². The van der Waals surface area contributed by atoms with Crippen LogP contribution in [-0.2, 0) is 11.0 Å². The van der Waals surface area contributed by atoms with Crippen LogP contribution in [-0.4, -0.2) is 11.1 Å². The van der Waals surface area contributed by atoms with E-state index in [1.807, 2.05) is 0 Å². The summed E-state index contributed by atoms with van der Waals surface area (Å²) in [4.78, 5) is 10.5. The molecule has 1 atom stereocenters. The standard InChI is InChI=1S/C9H7ClF3NO2/c10-6-4(7(14)8(15)16)2-1-3-5(6)9(11,12)13/h1-3,7H,14H2,(H,15,16)/t7-/m0/s1. The molecule has 0 radical (unpaired) electrons. The largest absolute Gasteiger partial charge is 0.480 e. The number of nitrogens with two attached hydrogens (primary N) is 1. The van der Waals surface area contributed by atoms with Gasteiger partial charge >= 0.3 is 12.1 Å². The molecule has 1 rings (SSSR count). The van der Waals surface area contributed by atoms with Gasteiger partial charge in [-0.25, -0.2) is 0 Å². The van der Waals surface area contributed by atoms with Gasteiger partial charge in [0.1, 0.15) is 6.04 Å². The Hall–Kier alpha value is -1.27. The van der Waals surface area contributed by atoms with Crippen LogP contribution in [0.3, 0.4) is 0 Å². The van der Waals surface area contributed by atoms with E-state index in [9.17, 15) is 18.0 Å². The minimum absolute atomic E-state index is 0.260. The van der Waals surface area contributed by atoms with Gasteiger partial charge in [0.2, 0.25) is 0 Å². The lowest BCUT2D eigenvalue weighted by molar-refractivity contribution is -0.140. The van der Waals surface area contributed by atoms with Crippen LogP contribution >= 0.6 is 11.6 Å². The monoisotopic (exact) mass is 253 g/mol. The van der Waals surface area contributed by atoms with Crippen molar-refractivity contribution in [3.63, 3.8) is 0 Å². The van der Waals surface area contributed by atoms with Crippen molar-refractivity contribution in [1.82, 2.24) is 0 Å². The zero-order valence-electron chi connectivity index (χ0n) is 7.75. The van der Waals surface area contributed by atoms with E-state index in [4.69, 9.17) is 22.4 Å². The van der Waals surface area contributed by atoms with Gasteiger partial charge in [0, 0.05) is 0 Å². The summed E-state index contributed by atoms with van der Waals surface area (Å²) >= 11 is 5.47. The fourth-order valence-corrected chi connectivity index (χ4v) is 1.49. The van der Waals surface area contributed by atoms with Crippen LogP contribution in [0.5, 0.6) is 0 Å². The van der Waals surface area contributed by atoms with Gasteiger partial charge in [0.25, 0.3) is 0 Å². The molecule has 1 aromatic carbocycles. The highest BCUT2D eigenvalue weighted by Gasteiger charge is 2.35. The fraction of sp³-hybridized carbons (Fsp3) is 0.222. The van der Waals surface area contributed by atoms with Crippen LogP contribution in [0.4, 0.5) is 13.2 Å². The maximum Gasteiger partial charge on any atom is 0.417 e. The summed E-state index contributed by atoms with van der Waals surface area (Å²) in [5.41, 5.74) is 3.85. The minimum Gasteiger partial charge on any atom is -0.480 e. The average molecular weight is 254 g/mol. The summed E-state index contributed by atoms with van der Waals surface area (Å²) in [6.07, 6.45) is -4.63. The first-order chi connectivity index (χ1) is 7.25. The lowest BCUT2D eigenvalue weighted by atomic mass is 10.0. The number of carboxylic acids is 1. The summed E-state index contributed by atoms with van der Waals surface area (Å²) in [5, 5.41) is 7.91. The quantitative estimate of drug-likeness (QED) is 0.851. The topological polar surface area (TPSA) is 63.3 Å². The van der Waals surface area contributed by atoms with Gasteiger partial charge in [-0.15, -0.1) is 0 Å². The molecule has 0 saturated carbocycles. The third-order valence-corrected chi connectivity index (χ3v) is 2.36. The molecule has 0 aliphatic carbocycles. The SMILES string of the molecule is N[C@H](C(=O)O)c1cccc(C(F)(F)F)c1Cl. The third-order valence-electron chi connectivity index (χ3n) is 1.94. The molecule has 1 aromatic rings. The van der Waals surface area contributed by atoms with Crippen LogP contribution in [0.1, 0.15) is 17.2 Å². The van der Waals surface area contributed by atoms with Gasteiger partial charge in [0.15, 0.2) is 0 Å². The molecule has 0 amide bonds. The van der Waals surface area contributed by atoms with Crippen LogP contribution in [0.25, 0.3) is 0 Å². The van der Waals surface area contributed by atoms with Gasteiger partial charge in [-0.3, -0.25) is 4.79 Å². The van der Waals surface area contributed by atoms with Gasteiger partial charge in [-0.05, 0) is 11.6 Å². The summed E-state index contributed by atoms with van der Waals surface area (Å²) in [6.45, 7) is 0. The van der Waals surface area contributed by atoms with Crippen molar-refractivity contribution in [3.05, 3.63) is 34.3 Å². The smallest absolute Gasteiger partial charge is 0.417 e. The normalized spacial score (nSPS) is 13.6. The van der Waals surface area contributed by atoms with Crippen LogP contribution in [0, 0.1) is 0 Å². The van der Waals surface area contributed by atoms with Gasteiger partial charge < -0.3 is 10.8 Å². The summed E-state index contributed by atoms with van der Waals surface area (Å²) in [6, 6.07) is 1.40. The predicted molar refractivity (Wildman–Crippen MR) is 51.0 cm³/mol. The number of carboxylic acid groups (broad SMARTS) is 1. The molecular formula is C9H7ClF3NO2. The molecule has 0 spiro atoms. The Balaban J connectivity index is 3.30. The highest BCUT2D eigenvalue weighted by atomic mass is 35.5. The van der Waals surface area contributed by atoms with E-state index in [2.05, 4.69) is 0 Å². The first-order valence-electron chi connectivity index (χ1n) is 4.09. The first kappa shape index (κ1) is 12.8. The van der Waals surface area contributed by atoms with Crippen LogP contribution in [0.2, 0.25) is 5.02 Å². The Bertz CT molecular complexity index is 420. The highest BCUT2D eigenvalue weighted by molar-refractivity contribution is 6.32. The molecule has 0 aliphatic heterocycles. The Morgan fingerprint density at radius 3 is 2.44 bits per heavy atom. The maximum absolute atomic E-state index is 12.4. The number of alkyl halides is 3. The highest BCUT2D eigenvalue weighted by Crippen LogP contribution is 2.37. The van der Waals surface area contributed by atoms with E-state index >= 15 is 0 Å². The Morgan fingerprint density at radius 2 is 2.00 bits per heavy atom. The predicted octanol–water partition coefficient (Wildman–Crippen LogP) is 2.44. The van der Waals surface area contributed by atoms with Crippen LogP contribution < -0.4 is 5.73 Å². The third kappa shape index (κ3) is 2.45. The number of carbonyl (C=O) groups is 1. The van der Waals surface area contributed by atoms with Gasteiger partial charge in [-0.2, -0.15) is 13.2 Å². The second-order valence-electron chi connectivity index (χ2n) is 3.02. The molecule has 88 valence electrons. The second-order valence-corrected chi connectivity index (χ2v) is 3.40. The summed E-state index contributed by atoms with van der Waals surface area (Å²) in [5.74, 6) is -1.44. The molecule has 0 fully saturated rings. The zero-order valence-corrected chi connectivity index (χ0v) is 8.51. The maximum atomic E-state index is 12.4. The lowest BCUT2D eigenvalue weighted by Gasteiger charge is -2.14. The molecule has 0 aromatic heterocycles. The number of benzene rings is 1. The molecule has 3 nitrogen and oxygen atoms in total. The molecule has 7 heteroatoms. The van der Waals surface area contributed by atoms with Crippen molar-refractivity contribution in [3.8, 4) is 0 Å². The van der Waals surface area contributed by atoms with Gasteiger partial charge in [0.05, 0.1) is 10.6 Å². The molecule has 16 heavy (non-hydrogen) atoms. The number of halogens is 4. The molecule has 3 N–H and O–H groups in total. The Morgan fingerprint density at radius 1 is 1.44 bits per heavy atom. The second kappa shape index (κ2) is 4.31. The lowest BCUT2D eigenvalue weighted by Crippen LogP contribution is -2.22. The van der Waals surface area contributed by atoms with Crippen molar-refractivity contribution >= 4 is 17.6 Å². The van der Waals surface area contributed by atoms with Gasteiger partial charge in [-0.1, -0.05) is 23.7 Å². The number of rotatable bonds is 2. The van der Waals surface area contributed by atoms with Crippen molar-refractivity contribution in [1.29, 1.82) is 0 Å². The number of hydrogen-bond donors (Lipinski definition) is 2. The van der Waals surface area contributed by atoms with E-state index in [0.717, 1.165) is 18.2 Å². The summed E-state index contributed by atoms with van der Waals surface area (Å²) in [7, 11) is 0. The number of aliphatic carboxylic acids is 1. The first-order valence-corrected chi connectivity index (χ1v) is 4.47. The van der Waals surface area contributed by atoms with E-state index in [0.29, 0.717) is 0 Å². The van der Waals surface area contributed by atoms with Crippen LogP contribution in [0.15, 0.2) is 18.2 Å². The summed E-state index contributed by atoms with van der Waals surface area (Å²) < 4.78 is 37.3. The minimum atomic E-state index is -4.63. The Kier molecular flexibility index (Phi) is 3.44. The van der Waals surface area contributed by atoms with E-state index in [-0.39, 0.29) is 5.56 Å².